The summed E-state index contributed by atoms with van der Waals surface area (Å²) in [5.74, 6) is 1.12. The van der Waals surface area contributed by atoms with Gasteiger partial charge in [-0.15, -0.1) is 0 Å². The van der Waals surface area contributed by atoms with E-state index < -0.39 is 0 Å². The SMILES string of the molecule is COCCC(=O)NC1CCN(C(=O)CCCOc2c(C)cccc2C)CC1. The molecule has 0 spiro atoms. The molecule has 1 N–H and O–H groups in total. The molecule has 0 unspecified atom stereocenters. The molecule has 1 aromatic rings. The molecule has 2 rings (SSSR count). The summed E-state index contributed by atoms with van der Waals surface area (Å²) < 4.78 is 10.8. The quantitative estimate of drug-likeness (QED) is 0.673. The van der Waals surface area contributed by atoms with Crippen LogP contribution in [0.5, 0.6) is 5.75 Å². The van der Waals surface area contributed by atoms with Crippen molar-refractivity contribution in [3.8, 4) is 5.75 Å². The van der Waals surface area contributed by atoms with Crippen molar-refractivity contribution in [1.82, 2.24) is 10.2 Å². The minimum atomic E-state index is 0.0188. The second kappa shape index (κ2) is 10.9. The number of carbonyl (C=O) groups excluding carboxylic acids is 2. The highest BCUT2D eigenvalue weighted by molar-refractivity contribution is 5.77. The molecule has 0 bridgehead atoms. The highest BCUT2D eigenvalue weighted by Crippen LogP contribution is 2.22. The van der Waals surface area contributed by atoms with Crippen molar-refractivity contribution in [2.45, 2.75) is 52.0 Å². The number of piperidine rings is 1. The second-order valence-corrected chi connectivity index (χ2v) is 7.14. The lowest BCUT2D eigenvalue weighted by Crippen LogP contribution is -2.46. The molecule has 1 aliphatic rings. The molecule has 2 amide bonds. The molecule has 0 atom stereocenters. The predicted molar refractivity (Wildman–Crippen MR) is 105 cm³/mol. The third-order valence-electron chi connectivity index (χ3n) is 4.94. The Kier molecular flexibility index (Phi) is 8.58. The van der Waals surface area contributed by atoms with Gasteiger partial charge in [-0.1, -0.05) is 18.2 Å². The van der Waals surface area contributed by atoms with E-state index in [1.165, 1.54) is 0 Å². The van der Waals surface area contributed by atoms with Crippen molar-refractivity contribution in [1.29, 1.82) is 0 Å². The summed E-state index contributed by atoms with van der Waals surface area (Å²) in [5.41, 5.74) is 2.24. The minimum Gasteiger partial charge on any atom is -0.493 e. The zero-order valence-corrected chi connectivity index (χ0v) is 16.8. The van der Waals surface area contributed by atoms with Gasteiger partial charge in [-0.2, -0.15) is 0 Å². The first-order valence-corrected chi connectivity index (χ1v) is 9.76. The fourth-order valence-electron chi connectivity index (χ4n) is 3.35. The fraction of sp³-hybridized carbons (Fsp3) is 0.619. The maximum absolute atomic E-state index is 12.4. The zero-order valence-electron chi connectivity index (χ0n) is 16.8. The number of rotatable bonds is 9. The summed E-state index contributed by atoms with van der Waals surface area (Å²) >= 11 is 0. The number of carbonyl (C=O) groups is 2. The monoisotopic (exact) mass is 376 g/mol. The van der Waals surface area contributed by atoms with E-state index in [2.05, 4.69) is 5.32 Å². The number of hydrogen-bond donors (Lipinski definition) is 1. The van der Waals surface area contributed by atoms with E-state index in [-0.39, 0.29) is 17.9 Å². The Balaban J connectivity index is 1.64. The van der Waals surface area contributed by atoms with Crippen LogP contribution in [-0.2, 0) is 14.3 Å². The summed E-state index contributed by atoms with van der Waals surface area (Å²) in [4.78, 5) is 26.0. The zero-order chi connectivity index (χ0) is 19.6. The molecule has 0 aliphatic carbocycles. The average Bonchev–Trinajstić information content (AvgIpc) is 2.65. The Bertz CT molecular complexity index is 604. The molecule has 0 radical (unpaired) electrons. The lowest BCUT2D eigenvalue weighted by molar-refractivity contribution is -0.132. The summed E-state index contributed by atoms with van der Waals surface area (Å²) in [6.07, 6.45) is 3.21. The standard InChI is InChI=1S/C21H32N2O4/c1-16-6-4-7-17(2)21(16)27-14-5-8-20(25)23-12-9-18(10-13-23)22-19(24)11-15-26-3/h4,6-7,18H,5,8-15H2,1-3H3,(H,22,24). The van der Waals surface area contributed by atoms with E-state index in [4.69, 9.17) is 9.47 Å². The van der Waals surface area contributed by atoms with Gasteiger partial charge in [0.2, 0.25) is 11.8 Å². The number of amides is 2. The predicted octanol–water partition coefficient (Wildman–Crippen LogP) is 2.61. The summed E-state index contributed by atoms with van der Waals surface area (Å²) in [7, 11) is 1.59. The van der Waals surface area contributed by atoms with E-state index in [0.717, 1.165) is 29.7 Å². The van der Waals surface area contributed by atoms with Gasteiger partial charge >= 0.3 is 0 Å². The van der Waals surface area contributed by atoms with Crippen LogP contribution in [0.1, 0.15) is 43.2 Å². The number of aryl methyl sites for hydroxylation is 2. The number of nitrogens with zero attached hydrogens (tertiary/aromatic N) is 1. The first-order chi connectivity index (χ1) is 13.0. The number of benzene rings is 1. The minimum absolute atomic E-state index is 0.0188. The van der Waals surface area contributed by atoms with Gasteiger partial charge in [0.05, 0.1) is 13.2 Å². The van der Waals surface area contributed by atoms with Crippen molar-refractivity contribution in [2.75, 3.05) is 33.4 Å². The van der Waals surface area contributed by atoms with Gasteiger partial charge in [0.25, 0.3) is 0 Å². The van der Waals surface area contributed by atoms with Crippen LogP contribution in [0.25, 0.3) is 0 Å². The number of ether oxygens (including phenoxy) is 2. The number of hydrogen-bond acceptors (Lipinski definition) is 4. The fourth-order valence-corrected chi connectivity index (χ4v) is 3.35. The third kappa shape index (κ3) is 6.86. The van der Waals surface area contributed by atoms with Crippen LogP contribution in [0.2, 0.25) is 0 Å². The largest absolute Gasteiger partial charge is 0.493 e. The summed E-state index contributed by atoms with van der Waals surface area (Å²) in [6, 6.07) is 6.24. The Labute approximate surface area is 162 Å². The van der Waals surface area contributed by atoms with Crippen LogP contribution >= 0.6 is 0 Å². The van der Waals surface area contributed by atoms with Crippen LogP contribution in [0, 0.1) is 13.8 Å². The number of likely N-dealkylation sites (tertiary alicyclic amines) is 1. The maximum atomic E-state index is 12.4. The van der Waals surface area contributed by atoms with Crippen LogP contribution in [0.3, 0.4) is 0 Å². The molecular formula is C21H32N2O4. The lowest BCUT2D eigenvalue weighted by atomic mass is 10.0. The van der Waals surface area contributed by atoms with E-state index in [1.807, 2.05) is 36.9 Å². The third-order valence-corrected chi connectivity index (χ3v) is 4.94. The van der Waals surface area contributed by atoms with Gasteiger partial charge in [-0.05, 0) is 44.2 Å². The molecule has 6 heteroatoms. The summed E-state index contributed by atoms with van der Waals surface area (Å²) in [6.45, 7) is 6.45. The molecule has 1 heterocycles. The van der Waals surface area contributed by atoms with Gasteiger partial charge < -0.3 is 19.7 Å². The first kappa shape index (κ1) is 21.2. The smallest absolute Gasteiger partial charge is 0.222 e. The summed E-state index contributed by atoms with van der Waals surface area (Å²) in [5, 5.41) is 3.02. The Morgan fingerprint density at radius 1 is 1.11 bits per heavy atom. The molecule has 1 aliphatic heterocycles. The molecule has 0 aromatic heterocycles. The molecule has 1 fully saturated rings. The molecule has 27 heavy (non-hydrogen) atoms. The van der Waals surface area contributed by atoms with Crippen molar-refractivity contribution in [2.24, 2.45) is 0 Å². The van der Waals surface area contributed by atoms with Crippen molar-refractivity contribution in [3.05, 3.63) is 29.3 Å². The Morgan fingerprint density at radius 2 is 1.78 bits per heavy atom. The molecule has 1 aromatic carbocycles. The molecule has 1 saturated heterocycles. The van der Waals surface area contributed by atoms with Gasteiger partial charge in [0.1, 0.15) is 5.75 Å². The average molecular weight is 376 g/mol. The van der Waals surface area contributed by atoms with Crippen LogP contribution in [0.15, 0.2) is 18.2 Å². The first-order valence-electron chi connectivity index (χ1n) is 9.76. The Morgan fingerprint density at radius 3 is 2.41 bits per heavy atom. The van der Waals surface area contributed by atoms with E-state index >= 15 is 0 Å². The molecular weight excluding hydrogens is 344 g/mol. The molecule has 6 nitrogen and oxygen atoms in total. The van der Waals surface area contributed by atoms with Crippen LogP contribution in [0.4, 0.5) is 0 Å². The number of nitrogens with one attached hydrogen (secondary N) is 1. The van der Waals surface area contributed by atoms with Crippen molar-refractivity contribution in [3.63, 3.8) is 0 Å². The highest BCUT2D eigenvalue weighted by Gasteiger charge is 2.23. The lowest BCUT2D eigenvalue weighted by Gasteiger charge is -2.32. The van der Waals surface area contributed by atoms with Crippen molar-refractivity contribution < 1.29 is 19.1 Å². The highest BCUT2D eigenvalue weighted by atomic mass is 16.5. The topological polar surface area (TPSA) is 67.9 Å². The van der Waals surface area contributed by atoms with Crippen LogP contribution in [-0.4, -0.2) is 56.2 Å². The van der Waals surface area contributed by atoms with Gasteiger partial charge in [0.15, 0.2) is 0 Å². The molecule has 0 saturated carbocycles. The second-order valence-electron chi connectivity index (χ2n) is 7.14. The van der Waals surface area contributed by atoms with E-state index in [0.29, 0.717) is 45.6 Å². The van der Waals surface area contributed by atoms with Crippen LogP contribution < -0.4 is 10.1 Å². The van der Waals surface area contributed by atoms with Gasteiger partial charge in [-0.3, -0.25) is 9.59 Å². The van der Waals surface area contributed by atoms with E-state index in [9.17, 15) is 9.59 Å². The van der Waals surface area contributed by atoms with Gasteiger partial charge in [-0.25, -0.2) is 0 Å². The number of para-hydroxylation sites is 1. The maximum Gasteiger partial charge on any atom is 0.222 e. The van der Waals surface area contributed by atoms with Gasteiger partial charge in [0, 0.05) is 39.1 Å². The van der Waals surface area contributed by atoms with Crippen molar-refractivity contribution >= 4 is 11.8 Å². The number of methoxy groups -OCH3 is 1. The normalized spacial score (nSPS) is 14.9. The van der Waals surface area contributed by atoms with E-state index in [1.54, 1.807) is 7.11 Å². The Hall–Kier alpha value is -2.08. The molecule has 150 valence electrons.